The number of morpholine rings is 1. The number of para-hydroxylation sites is 1. The quantitative estimate of drug-likeness (QED) is 0.728. The second-order valence-corrected chi connectivity index (χ2v) is 7.92. The monoisotopic (exact) mass is 396 g/mol. The van der Waals surface area contributed by atoms with Crippen LogP contribution in [0, 0.1) is 0 Å². The molecular weight excluding hydrogens is 378 g/mol. The number of aromatic nitrogens is 1. The van der Waals surface area contributed by atoms with Gasteiger partial charge >= 0.3 is 0 Å². The topological polar surface area (TPSA) is 94.9 Å². The molecule has 0 atom stereocenters. The Morgan fingerprint density at radius 2 is 1.79 bits per heavy atom. The van der Waals surface area contributed by atoms with Gasteiger partial charge in [0.05, 0.1) is 24.4 Å². The lowest BCUT2D eigenvalue weighted by atomic mass is 10.1. The molecule has 144 valence electrons. The van der Waals surface area contributed by atoms with Gasteiger partial charge in [-0.1, -0.05) is 30.4 Å². The molecule has 4 rings (SSSR count). The smallest absolute Gasteiger partial charge is 0.285 e. The third kappa shape index (κ3) is 3.69. The van der Waals surface area contributed by atoms with Gasteiger partial charge in [0, 0.05) is 24.7 Å². The first-order valence-corrected chi connectivity index (χ1v) is 10.3. The first-order valence-electron chi connectivity index (χ1n) is 8.83. The summed E-state index contributed by atoms with van der Waals surface area (Å²) in [5, 5.41) is 13.2. The highest BCUT2D eigenvalue weighted by Crippen LogP contribution is 2.23. The van der Waals surface area contributed by atoms with Gasteiger partial charge in [-0.25, -0.2) is 0 Å². The summed E-state index contributed by atoms with van der Waals surface area (Å²) < 4.78 is 34.7. The Morgan fingerprint density at radius 1 is 1.07 bits per heavy atom. The molecule has 2 aliphatic rings. The van der Waals surface area contributed by atoms with Crippen LogP contribution in [0.2, 0.25) is 0 Å². The maximum Gasteiger partial charge on any atom is 0.285 e. The van der Waals surface area contributed by atoms with Gasteiger partial charge in [0.2, 0.25) is 0 Å². The van der Waals surface area contributed by atoms with E-state index < -0.39 is 10.0 Å². The van der Waals surface area contributed by atoms with Crippen molar-refractivity contribution in [2.24, 2.45) is 4.40 Å². The molecule has 28 heavy (non-hydrogen) atoms. The summed E-state index contributed by atoms with van der Waals surface area (Å²) in [4.78, 5) is 5.95. The molecule has 0 radical (unpaired) electrons. The molecule has 0 bridgehead atoms. The molecule has 8 heteroatoms. The molecule has 0 unspecified atom stereocenters. The number of fused-ring (bicyclic) bond motifs is 1. The Hall–Kier alpha value is -2.97. The molecular formula is C20H18N3O4S-. The summed E-state index contributed by atoms with van der Waals surface area (Å²) in [5.74, 6) is -0.101. The fraction of sp³-hybridized carbons (Fsp3) is 0.200. The zero-order chi connectivity index (χ0) is 19.6. The van der Waals surface area contributed by atoms with Crippen LogP contribution in [0.4, 0.5) is 0 Å². The first-order chi connectivity index (χ1) is 13.5. The summed E-state index contributed by atoms with van der Waals surface area (Å²) in [7, 11) is -3.94. The molecule has 2 aromatic rings. The van der Waals surface area contributed by atoms with E-state index >= 15 is 0 Å². The van der Waals surface area contributed by atoms with E-state index in [1.807, 2.05) is 0 Å². The maximum atomic E-state index is 12.8. The molecule has 1 aromatic heterocycles. The number of allylic oxidation sites excluding steroid dienone is 5. The number of sulfonamides is 1. The average Bonchev–Trinajstić information content (AvgIpc) is 2.74. The summed E-state index contributed by atoms with van der Waals surface area (Å²) in [5.41, 5.74) is 1.13. The Balaban J connectivity index is 1.62. The highest BCUT2D eigenvalue weighted by atomic mass is 32.2. The Bertz CT molecular complexity index is 1100. The van der Waals surface area contributed by atoms with Crippen molar-refractivity contribution in [3.8, 4) is 0 Å². The van der Waals surface area contributed by atoms with Crippen molar-refractivity contribution < 1.29 is 18.3 Å². The second kappa shape index (κ2) is 7.57. The largest absolute Gasteiger partial charge is 0.860 e. The van der Waals surface area contributed by atoms with Gasteiger partial charge < -0.3 is 14.7 Å². The summed E-state index contributed by atoms with van der Waals surface area (Å²) in [6.07, 6.45) is 7.79. The van der Waals surface area contributed by atoms with Gasteiger partial charge in [-0.15, -0.1) is 0 Å². The summed E-state index contributed by atoms with van der Waals surface area (Å²) >= 11 is 0. The number of ether oxygens (including phenoxy) is 1. The molecule has 1 fully saturated rings. The molecule has 1 aliphatic carbocycles. The lowest BCUT2D eigenvalue weighted by molar-refractivity contribution is -0.336. The molecule has 0 spiro atoms. The van der Waals surface area contributed by atoms with E-state index in [9.17, 15) is 13.5 Å². The minimum Gasteiger partial charge on any atom is -0.860 e. The van der Waals surface area contributed by atoms with E-state index in [2.05, 4.69) is 9.38 Å². The molecule has 2 heterocycles. The van der Waals surface area contributed by atoms with Crippen LogP contribution in [0.25, 0.3) is 10.9 Å². The number of benzene rings is 1. The predicted molar refractivity (Wildman–Crippen MR) is 104 cm³/mol. The van der Waals surface area contributed by atoms with Crippen LogP contribution >= 0.6 is 0 Å². The standard InChI is InChI=1S/C20H19N3O4S/c24-20(23-11-13-27-14-12-23)16-6-8-17(9-7-16)22-28(25,26)18-5-1-3-15-4-2-10-21-19(15)18/h1-10,24H,11-14H2/p-1. The van der Waals surface area contributed by atoms with Crippen LogP contribution in [0.3, 0.4) is 0 Å². The molecule has 0 amide bonds. The van der Waals surface area contributed by atoms with Gasteiger partial charge in [-0.2, -0.15) is 12.8 Å². The van der Waals surface area contributed by atoms with E-state index in [0.29, 0.717) is 37.4 Å². The lowest BCUT2D eigenvalue weighted by Gasteiger charge is -2.35. The zero-order valence-electron chi connectivity index (χ0n) is 15.0. The van der Waals surface area contributed by atoms with Crippen LogP contribution < -0.4 is 5.11 Å². The van der Waals surface area contributed by atoms with Crippen molar-refractivity contribution in [2.75, 3.05) is 26.3 Å². The SMILES string of the molecule is O=S(=O)(N=C1C=CC(=C([O-])N2CCOCC2)C=C1)c1cccc2cccnc12. The minimum atomic E-state index is -3.94. The third-order valence-electron chi connectivity index (χ3n) is 4.51. The normalized spacial score (nSPS) is 17.2. The fourth-order valence-corrected chi connectivity index (χ4v) is 4.25. The lowest BCUT2D eigenvalue weighted by Crippen LogP contribution is -2.40. The molecule has 1 aliphatic heterocycles. The van der Waals surface area contributed by atoms with Crippen molar-refractivity contribution in [3.63, 3.8) is 0 Å². The van der Waals surface area contributed by atoms with Crippen LogP contribution in [0.1, 0.15) is 0 Å². The van der Waals surface area contributed by atoms with Crippen LogP contribution in [-0.2, 0) is 14.8 Å². The van der Waals surface area contributed by atoms with E-state index in [1.165, 1.54) is 18.2 Å². The van der Waals surface area contributed by atoms with E-state index in [1.54, 1.807) is 47.5 Å². The van der Waals surface area contributed by atoms with Gasteiger partial charge in [0.15, 0.2) is 0 Å². The van der Waals surface area contributed by atoms with E-state index in [4.69, 9.17) is 4.74 Å². The first kappa shape index (κ1) is 18.4. The molecule has 0 N–H and O–H groups in total. The fourth-order valence-electron chi connectivity index (χ4n) is 3.09. The highest BCUT2D eigenvalue weighted by Gasteiger charge is 2.18. The number of pyridine rings is 1. The van der Waals surface area contributed by atoms with Gasteiger partial charge in [0.25, 0.3) is 10.0 Å². The van der Waals surface area contributed by atoms with Gasteiger partial charge in [-0.05, 0) is 35.7 Å². The number of rotatable bonds is 3. The molecule has 1 aromatic carbocycles. The number of hydrogen-bond acceptors (Lipinski definition) is 6. The van der Waals surface area contributed by atoms with E-state index in [-0.39, 0.29) is 16.5 Å². The minimum absolute atomic E-state index is 0.0547. The summed E-state index contributed by atoms with van der Waals surface area (Å²) in [6.45, 7) is 2.15. The van der Waals surface area contributed by atoms with E-state index in [0.717, 1.165) is 5.39 Å². The average molecular weight is 396 g/mol. The maximum absolute atomic E-state index is 12.8. The van der Waals surface area contributed by atoms with Gasteiger partial charge in [-0.3, -0.25) is 4.98 Å². The highest BCUT2D eigenvalue weighted by molar-refractivity contribution is 7.90. The van der Waals surface area contributed by atoms with Gasteiger partial charge in [0.1, 0.15) is 4.90 Å². The molecule has 7 nitrogen and oxygen atoms in total. The van der Waals surface area contributed by atoms with Crippen molar-refractivity contribution in [1.82, 2.24) is 9.88 Å². The van der Waals surface area contributed by atoms with Crippen LogP contribution in [-0.4, -0.2) is 50.3 Å². The predicted octanol–water partition coefficient (Wildman–Crippen LogP) is 1.39. The van der Waals surface area contributed by atoms with Crippen LogP contribution in [0.15, 0.2) is 81.6 Å². The summed E-state index contributed by atoms with van der Waals surface area (Å²) in [6, 6.07) is 8.50. The zero-order valence-corrected chi connectivity index (χ0v) is 15.8. The molecule has 1 saturated heterocycles. The van der Waals surface area contributed by atoms with Crippen molar-refractivity contribution in [1.29, 1.82) is 0 Å². The number of nitrogens with zero attached hydrogens (tertiary/aromatic N) is 3. The Kier molecular flexibility index (Phi) is 4.97. The number of hydrogen-bond donors (Lipinski definition) is 0. The molecule has 0 saturated carbocycles. The van der Waals surface area contributed by atoms with Crippen molar-refractivity contribution in [2.45, 2.75) is 4.90 Å². The second-order valence-electron chi connectivity index (χ2n) is 6.35. The Morgan fingerprint density at radius 3 is 2.54 bits per heavy atom. The van der Waals surface area contributed by atoms with Crippen molar-refractivity contribution >= 4 is 26.6 Å². The van der Waals surface area contributed by atoms with Crippen molar-refractivity contribution in [3.05, 3.63) is 72.3 Å². The third-order valence-corrected chi connectivity index (χ3v) is 5.85. The Labute approximate surface area is 163 Å². The van der Waals surface area contributed by atoms with Crippen LogP contribution in [0.5, 0.6) is 0 Å².